The molecule has 0 aromatic carbocycles. The highest BCUT2D eigenvalue weighted by molar-refractivity contribution is 7.92. The van der Waals surface area contributed by atoms with Crippen LogP contribution in [0.2, 0.25) is 0 Å². The fourth-order valence-electron chi connectivity index (χ4n) is 2.00. The van der Waals surface area contributed by atoms with Gasteiger partial charge >= 0.3 is 0 Å². The predicted octanol–water partition coefficient (Wildman–Crippen LogP) is 1.49. The molecule has 0 spiro atoms. The summed E-state index contributed by atoms with van der Waals surface area (Å²) in [6, 6.07) is 0.326. The van der Waals surface area contributed by atoms with Crippen LogP contribution in [0.4, 0.5) is 0 Å². The van der Waals surface area contributed by atoms with E-state index in [1.165, 1.54) is 12.4 Å². The number of sulfonamides is 1. The number of amides is 1. The summed E-state index contributed by atoms with van der Waals surface area (Å²) in [5.74, 6) is -0.674. The maximum Gasteiger partial charge on any atom is 0.275 e. The summed E-state index contributed by atoms with van der Waals surface area (Å²) in [5, 5.41) is 4.74. The molecule has 112 valence electrons. The Labute approximate surface area is 126 Å². The van der Waals surface area contributed by atoms with E-state index in [0.29, 0.717) is 11.0 Å². The van der Waals surface area contributed by atoms with E-state index < -0.39 is 15.9 Å². The first-order valence-electron chi connectivity index (χ1n) is 6.49. The molecule has 1 aliphatic carbocycles. The van der Waals surface area contributed by atoms with Gasteiger partial charge in [0.1, 0.15) is 0 Å². The lowest BCUT2D eigenvalue weighted by molar-refractivity contribution is 0.0981. The van der Waals surface area contributed by atoms with Crippen molar-refractivity contribution in [3.63, 3.8) is 0 Å². The van der Waals surface area contributed by atoms with Crippen LogP contribution in [0.25, 0.3) is 0 Å². The first-order valence-corrected chi connectivity index (χ1v) is 8.79. The Morgan fingerprint density at radius 1 is 1.43 bits per heavy atom. The summed E-state index contributed by atoms with van der Waals surface area (Å²) in [6.45, 7) is 1.70. The number of carbonyl (C=O) groups excluding carboxylic acids is 1. The average molecular weight is 326 g/mol. The van der Waals surface area contributed by atoms with E-state index in [9.17, 15) is 13.2 Å². The van der Waals surface area contributed by atoms with E-state index in [4.69, 9.17) is 0 Å². The Bertz CT molecular complexity index is 774. The van der Waals surface area contributed by atoms with Gasteiger partial charge in [-0.15, -0.1) is 11.3 Å². The van der Waals surface area contributed by atoms with Crippen LogP contribution >= 0.6 is 11.3 Å². The van der Waals surface area contributed by atoms with Gasteiger partial charge in [-0.2, -0.15) is 5.10 Å². The molecule has 0 saturated heterocycles. The van der Waals surface area contributed by atoms with Gasteiger partial charge in [0, 0.05) is 6.20 Å². The van der Waals surface area contributed by atoms with Crippen molar-refractivity contribution in [3.8, 4) is 0 Å². The monoisotopic (exact) mass is 326 g/mol. The summed E-state index contributed by atoms with van der Waals surface area (Å²) in [5.41, 5.74) is 0.242. The van der Waals surface area contributed by atoms with Crippen LogP contribution in [0.15, 0.2) is 22.8 Å². The molecule has 0 bridgehead atoms. The topological polar surface area (TPSA) is 93.9 Å². The number of carbonyl (C=O) groups is 1. The van der Waals surface area contributed by atoms with Gasteiger partial charge in [0.2, 0.25) is 0 Å². The summed E-state index contributed by atoms with van der Waals surface area (Å²) < 4.78 is 27.9. The molecule has 9 heteroatoms. The van der Waals surface area contributed by atoms with E-state index in [1.54, 1.807) is 17.8 Å². The molecular formula is C12H14N4O3S2. The zero-order valence-corrected chi connectivity index (χ0v) is 12.9. The Morgan fingerprint density at radius 2 is 2.19 bits per heavy atom. The fourth-order valence-corrected chi connectivity index (χ4v) is 4.09. The number of nitrogens with one attached hydrogen (secondary N) is 1. The second kappa shape index (κ2) is 5.23. The van der Waals surface area contributed by atoms with Crippen molar-refractivity contribution < 1.29 is 13.2 Å². The third kappa shape index (κ3) is 2.84. The minimum Gasteiger partial charge on any atom is -0.269 e. The first-order chi connectivity index (χ1) is 9.95. The molecule has 1 aliphatic rings. The molecule has 0 atom stereocenters. The number of nitrogens with zero attached hydrogens (tertiary/aromatic N) is 3. The summed E-state index contributed by atoms with van der Waals surface area (Å²) in [7, 11) is -3.87. The van der Waals surface area contributed by atoms with E-state index in [-0.39, 0.29) is 9.77 Å². The van der Waals surface area contributed by atoms with E-state index in [2.05, 4.69) is 10.1 Å². The number of thiazole rings is 1. The Hall–Kier alpha value is -1.74. The van der Waals surface area contributed by atoms with Crippen LogP contribution in [0.3, 0.4) is 0 Å². The normalized spacial score (nSPS) is 15.7. The van der Waals surface area contributed by atoms with Gasteiger partial charge < -0.3 is 0 Å². The summed E-state index contributed by atoms with van der Waals surface area (Å²) in [4.78, 5) is 15.9. The second-order valence-corrected chi connectivity index (χ2v) is 8.07. The van der Waals surface area contributed by atoms with Gasteiger partial charge in [0.05, 0.1) is 29.0 Å². The van der Waals surface area contributed by atoms with Crippen molar-refractivity contribution in [2.24, 2.45) is 0 Å². The quantitative estimate of drug-likeness (QED) is 0.918. The molecule has 21 heavy (non-hydrogen) atoms. The molecule has 1 fully saturated rings. The highest BCUT2D eigenvalue weighted by Crippen LogP contribution is 2.30. The lowest BCUT2D eigenvalue weighted by Gasteiger charge is -2.25. The highest BCUT2D eigenvalue weighted by Gasteiger charge is 2.24. The molecule has 2 aromatic rings. The van der Waals surface area contributed by atoms with Gasteiger partial charge in [0.15, 0.2) is 4.21 Å². The molecule has 3 rings (SSSR count). The molecule has 1 saturated carbocycles. The standard InChI is InChI=1S/C12H14N4O3S2/c1-8-13-6-11(20-8)21(18,19)15-12(17)9-5-14-16(7-9)10-3-2-4-10/h5-7,10H,2-4H2,1H3,(H,15,17). The van der Waals surface area contributed by atoms with Crippen LogP contribution in [0.5, 0.6) is 0 Å². The van der Waals surface area contributed by atoms with Crippen LogP contribution in [-0.2, 0) is 10.0 Å². The number of aromatic nitrogens is 3. The van der Waals surface area contributed by atoms with Gasteiger partial charge in [-0.1, -0.05) is 0 Å². The van der Waals surface area contributed by atoms with Crippen LogP contribution in [0.1, 0.15) is 40.7 Å². The Balaban J connectivity index is 1.75. The number of aryl methyl sites for hydroxylation is 1. The zero-order chi connectivity index (χ0) is 15.0. The maximum absolute atomic E-state index is 12.0. The smallest absolute Gasteiger partial charge is 0.269 e. The van der Waals surface area contributed by atoms with Crippen LogP contribution in [-0.4, -0.2) is 29.1 Å². The summed E-state index contributed by atoms with van der Waals surface area (Å²) >= 11 is 1.02. The number of hydrogen-bond acceptors (Lipinski definition) is 6. The SMILES string of the molecule is Cc1ncc(S(=O)(=O)NC(=O)c2cnn(C3CCC3)c2)s1. The molecule has 7 nitrogen and oxygen atoms in total. The minimum absolute atomic E-state index is 0.0275. The second-order valence-electron chi connectivity index (χ2n) is 4.93. The average Bonchev–Trinajstić information content (AvgIpc) is 2.95. The van der Waals surface area contributed by atoms with Crippen LogP contribution in [0, 0.1) is 6.92 Å². The van der Waals surface area contributed by atoms with Crippen molar-refractivity contribution in [1.29, 1.82) is 0 Å². The van der Waals surface area contributed by atoms with Crippen molar-refractivity contribution in [2.75, 3.05) is 0 Å². The molecule has 1 amide bonds. The van der Waals surface area contributed by atoms with Crippen molar-refractivity contribution in [2.45, 2.75) is 36.4 Å². The Kier molecular flexibility index (Phi) is 3.54. The van der Waals surface area contributed by atoms with Gasteiger partial charge in [-0.05, 0) is 26.2 Å². The molecule has 1 N–H and O–H groups in total. The highest BCUT2D eigenvalue weighted by atomic mass is 32.2. The molecular weight excluding hydrogens is 312 g/mol. The van der Waals surface area contributed by atoms with E-state index in [0.717, 1.165) is 30.6 Å². The van der Waals surface area contributed by atoms with Crippen molar-refractivity contribution >= 4 is 27.3 Å². The lowest BCUT2D eigenvalue weighted by atomic mass is 9.93. The van der Waals surface area contributed by atoms with Crippen molar-refractivity contribution in [3.05, 3.63) is 29.2 Å². The number of rotatable bonds is 4. The predicted molar refractivity (Wildman–Crippen MR) is 76.6 cm³/mol. The molecule has 0 radical (unpaired) electrons. The first kappa shape index (κ1) is 14.2. The van der Waals surface area contributed by atoms with Gasteiger partial charge in [0.25, 0.3) is 15.9 Å². The van der Waals surface area contributed by atoms with Gasteiger partial charge in [-0.3, -0.25) is 9.48 Å². The lowest BCUT2D eigenvalue weighted by Crippen LogP contribution is -2.29. The number of hydrogen-bond donors (Lipinski definition) is 1. The third-order valence-corrected chi connectivity index (χ3v) is 6.11. The van der Waals surface area contributed by atoms with Crippen LogP contribution < -0.4 is 4.72 Å². The molecule has 0 aliphatic heterocycles. The Morgan fingerprint density at radius 3 is 2.76 bits per heavy atom. The third-order valence-electron chi connectivity index (χ3n) is 3.40. The van der Waals surface area contributed by atoms with E-state index >= 15 is 0 Å². The van der Waals surface area contributed by atoms with Gasteiger partial charge in [-0.25, -0.2) is 18.1 Å². The minimum atomic E-state index is -3.87. The molecule has 2 heterocycles. The molecule has 2 aromatic heterocycles. The largest absolute Gasteiger partial charge is 0.275 e. The summed E-state index contributed by atoms with van der Waals surface area (Å²) in [6.07, 6.45) is 7.47. The van der Waals surface area contributed by atoms with Crippen molar-refractivity contribution in [1.82, 2.24) is 19.5 Å². The van der Waals surface area contributed by atoms with E-state index in [1.807, 2.05) is 4.72 Å². The maximum atomic E-state index is 12.0. The fraction of sp³-hybridized carbons (Fsp3) is 0.417. The molecule has 0 unspecified atom stereocenters. The zero-order valence-electron chi connectivity index (χ0n) is 11.3.